The van der Waals surface area contributed by atoms with Crippen LogP contribution in [-0.2, 0) is 19.1 Å². The fourth-order valence-electron chi connectivity index (χ4n) is 2.24. The molecule has 23 heavy (non-hydrogen) atoms. The average Bonchev–Trinajstić information content (AvgIpc) is 2.34. The van der Waals surface area contributed by atoms with Crippen LogP contribution in [0.25, 0.3) is 0 Å². The monoisotopic (exact) mass is 324 g/mol. The molecule has 0 amide bonds. The molecule has 1 unspecified atom stereocenters. The van der Waals surface area contributed by atoms with Crippen LogP contribution < -0.4 is 0 Å². The van der Waals surface area contributed by atoms with Crippen molar-refractivity contribution < 1.29 is 19.1 Å². The molecule has 0 aliphatic heterocycles. The average molecular weight is 324 g/mol. The quantitative estimate of drug-likeness (QED) is 0.526. The minimum absolute atomic E-state index is 0.128. The van der Waals surface area contributed by atoms with E-state index in [4.69, 9.17) is 17.3 Å². The van der Waals surface area contributed by atoms with Crippen LogP contribution >= 0.6 is 0 Å². The van der Waals surface area contributed by atoms with Crippen LogP contribution in [0.2, 0.25) is 6.32 Å². The highest BCUT2D eigenvalue weighted by Crippen LogP contribution is 2.36. The van der Waals surface area contributed by atoms with Gasteiger partial charge in [0.2, 0.25) is 0 Å². The fraction of sp³-hybridized carbons (Fsp3) is 0.889. The summed E-state index contributed by atoms with van der Waals surface area (Å²) >= 11 is 0. The van der Waals surface area contributed by atoms with E-state index in [0.717, 1.165) is 0 Å². The molecule has 2 atom stereocenters. The van der Waals surface area contributed by atoms with E-state index < -0.39 is 16.6 Å². The molecule has 0 aromatic heterocycles. The van der Waals surface area contributed by atoms with Gasteiger partial charge in [-0.05, 0) is 47.5 Å². The zero-order chi connectivity index (χ0) is 18.6. The summed E-state index contributed by atoms with van der Waals surface area (Å²) in [5.74, 6) is -0.618. The summed E-state index contributed by atoms with van der Waals surface area (Å²) in [5.41, 5.74) is -2.29. The van der Waals surface area contributed by atoms with Crippen molar-refractivity contribution in [1.29, 1.82) is 0 Å². The highest BCUT2D eigenvalue weighted by molar-refractivity contribution is 6.11. The highest BCUT2D eigenvalue weighted by Gasteiger charge is 2.42. The molecule has 0 aliphatic rings. The van der Waals surface area contributed by atoms with Gasteiger partial charge in [-0.15, -0.1) is 0 Å². The molecule has 0 saturated heterocycles. The Hall–Kier alpha value is -0.995. The topological polar surface area (TPSA) is 52.6 Å². The minimum atomic E-state index is -0.905. The summed E-state index contributed by atoms with van der Waals surface area (Å²) in [4.78, 5) is 24.7. The van der Waals surface area contributed by atoms with Gasteiger partial charge < -0.3 is 9.47 Å². The number of esters is 2. The lowest BCUT2D eigenvalue weighted by Gasteiger charge is -2.37. The molecule has 0 aromatic carbocycles. The molecule has 2 radical (unpaired) electrons. The summed E-state index contributed by atoms with van der Waals surface area (Å²) in [6.45, 7) is 16.6. The predicted molar refractivity (Wildman–Crippen MR) is 93.3 cm³/mol. The fourth-order valence-corrected chi connectivity index (χ4v) is 2.24. The molecule has 0 bridgehead atoms. The van der Waals surface area contributed by atoms with E-state index in [9.17, 15) is 9.59 Å². The third kappa shape index (κ3) is 7.41. The highest BCUT2D eigenvalue weighted by atomic mass is 16.6. The van der Waals surface area contributed by atoms with Crippen molar-refractivity contribution >= 4 is 19.8 Å². The van der Waals surface area contributed by atoms with E-state index in [1.54, 1.807) is 20.8 Å². The maximum atomic E-state index is 12.5. The molecule has 0 fully saturated rings. The summed E-state index contributed by atoms with van der Waals surface area (Å²) < 4.78 is 11.1. The van der Waals surface area contributed by atoms with Crippen LogP contribution in [0.5, 0.6) is 0 Å². The molecule has 0 saturated carbocycles. The summed E-state index contributed by atoms with van der Waals surface area (Å²) in [6.07, 6.45) is 0.435. The van der Waals surface area contributed by atoms with E-state index in [1.807, 2.05) is 41.5 Å². The van der Waals surface area contributed by atoms with Gasteiger partial charge in [-0.25, -0.2) is 0 Å². The van der Waals surface area contributed by atoms with Gasteiger partial charge in [0.05, 0.1) is 19.2 Å². The van der Waals surface area contributed by atoms with Crippen molar-refractivity contribution in [1.82, 2.24) is 0 Å². The van der Waals surface area contributed by atoms with Gasteiger partial charge in [-0.2, -0.15) is 0 Å². The molecule has 4 nitrogen and oxygen atoms in total. The van der Waals surface area contributed by atoms with E-state index in [0.29, 0.717) is 6.42 Å². The number of rotatable bonds is 7. The number of ether oxygens (including phenoxy) is 2. The maximum Gasteiger partial charge on any atom is 0.311 e. The largest absolute Gasteiger partial charge is 0.460 e. The van der Waals surface area contributed by atoms with Crippen LogP contribution in [0.4, 0.5) is 0 Å². The Kier molecular flexibility index (Phi) is 7.38. The minimum Gasteiger partial charge on any atom is -0.460 e. The van der Waals surface area contributed by atoms with Gasteiger partial charge in [-0.3, -0.25) is 9.59 Å². The van der Waals surface area contributed by atoms with Crippen molar-refractivity contribution in [2.75, 3.05) is 0 Å². The zero-order valence-electron chi connectivity index (χ0n) is 16.3. The molecule has 132 valence electrons. The van der Waals surface area contributed by atoms with E-state index in [-0.39, 0.29) is 30.1 Å². The Bertz CT molecular complexity index is 423. The Morgan fingerprint density at radius 1 is 0.957 bits per heavy atom. The van der Waals surface area contributed by atoms with E-state index >= 15 is 0 Å². The van der Waals surface area contributed by atoms with Crippen molar-refractivity contribution in [3.05, 3.63) is 0 Å². The SMILES string of the molecule is [B]C[C@@](C)(CC(C)(C)OC(=O)C(C)C(C)C)C(=O)OC(C)(C)C. The van der Waals surface area contributed by atoms with Crippen LogP contribution in [0, 0.1) is 17.3 Å². The molecule has 5 heteroatoms. The Labute approximate surface area is 143 Å². The van der Waals surface area contributed by atoms with Gasteiger partial charge in [0, 0.05) is 6.42 Å². The molecule has 0 aliphatic carbocycles. The Morgan fingerprint density at radius 3 is 1.78 bits per heavy atom. The van der Waals surface area contributed by atoms with Crippen LogP contribution in [0.3, 0.4) is 0 Å². The zero-order valence-corrected chi connectivity index (χ0v) is 16.3. The smallest absolute Gasteiger partial charge is 0.311 e. The van der Waals surface area contributed by atoms with Gasteiger partial charge in [0.25, 0.3) is 0 Å². The summed E-state index contributed by atoms with van der Waals surface area (Å²) in [7, 11) is 5.83. The van der Waals surface area contributed by atoms with Gasteiger partial charge >= 0.3 is 11.9 Å². The van der Waals surface area contributed by atoms with Gasteiger partial charge in [0.15, 0.2) is 0 Å². The standard InChI is InChI=1S/C18H33BO4/c1-12(2)13(3)14(20)22-17(7,8)10-18(9,11-19)15(21)23-16(4,5)6/h12-13H,10-11H2,1-9H3/t13?,18-/m1/s1. The first-order valence-electron chi connectivity index (χ1n) is 8.30. The Morgan fingerprint density at radius 2 is 1.43 bits per heavy atom. The van der Waals surface area contributed by atoms with Crippen LogP contribution in [0.15, 0.2) is 0 Å². The predicted octanol–water partition coefficient (Wildman–Crippen LogP) is 3.93. The van der Waals surface area contributed by atoms with Crippen molar-refractivity contribution in [3.8, 4) is 0 Å². The second kappa shape index (κ2) is 7.72. The number of carbonyl (C=O) groups excluding carboxylic acids is 2. The normalized spacial score (nSPS) is 16.6. The number of hydrogen-bond acceptors (Lipinski definition) is 4. The van der Waals surface area contributed by atoms with Gasteiger partial charge in [0.1, 0.15) is 11.2 Å². The maximum absolute atomic E-state index is 12.5. The van der Waals surface area contributed by atoms with Gasteiger partial charge in [-0.1, -0.05) is 27.1 Å². The molecule has 0 heterocycles. The van der Waals surface area contributed by atoms with E-state index in [2.05, 4.69) is 0 Å². The molecule has 0 N–H and O–H groups in total. The first-order chi connectivity index (χ1) is 10.1. The van der Waals surface area contributed by atoms with Crippen LogP contribution in [-0.4, -0.2) is 31.0 Å². The van der Waals surface area contributed by atoms with Crippen molar-refractivity contribution in [2.45, 2.75) is 86.3 Å². The molecule has 0 spiro atoms. The Balaban J connectivity index is 5.08. The summed E-state index contributed by atoms with van der Waals surface area (Å²) in [5, 5.41) is 0. The lowest BCUT2D eigenvalue weighted by Crippen LogP contribution is -2.43. The third-order valence-electron chi connectivity index (χ3n) is 3.91. The third-order valence-corrected chi connectivity index (χ3v) is 3.91. The van der Waals surface area contributed by atoms with Crippen molar-refractivity contribution in [2.24, 2.45) is 17.3 Å². The first-order valence-corrected chi connectivity index (χ1v) is 8.30. The number of carbonyl (C=O) groups is 2. The lowest BCUT2D eigenvalue weighted by molar-refractivity contribution is -0.176. The lowest BCUT2D eigenvalue weighted by atomic mass is 9.71. The first kappa shape index (κ1) is 22.0. The molecular weight excluding hydrogens is 291 g/mol. The summed E-state index contributed by atoms with van der Waals surface area (Å²) in [6, 6.07) is 0. The number of hydrogen-bond donors (Lipinski definition) is 0. The second-order valence-corrected chi connectivity index (χ2v) is 8.66. The molecular formula is C18H33BO4. The van der Waals surface area contributed by atoms with Crippen LogP contribution in [0.1, 0.15) is 68.7 Å². The second-order valence-electron chi connectivity index (χ2n) is 8.66. The van der Waals surface area contributed by atoms with Crippen molar-refractivity contribution in [3.63, 3.8) is 0 Å². The van der Waals surface area contributed by atoms with E-state index in [1.165, 1.54) is 0 Å². The molecule has 0 rings (SSSR count). The molecule has 0 aromatic rings.